The Balaban J connectivity index is 1.22. The number of hydrogen-bond donors (Lipinski definition) is 2. The molecule has 2 N–H and O–H groups in total. The quantitative estimate of drug-likeness (QED) is 0.405. The average Bonchev–Trinajstić information content (AvgIpc) is 3.55. The van der Waals surface area contributed by atoms with Crippen molar-refractivity contribution in [3.63, 3.8) is 0 Å². The number of aromatic amines is 1. The number of pyridine rings is 1. The lowest BCUT2D eigenvalue weighted by molar-refractivity contribution is 0.00706. The van der Waals surface area contributed by atoms with Gasteiger partial charge in [-0.2, -0.15) is 4.98 Å². The summed E-state index contributed by atoms with van der Waals surface area (Å²) in [7, 11) is -0.0894. The van der Waals surface area contributed by atoms with E-state index in [0.29, 0.717) is 40.3 Å². The van der Waals surface area contributed by atoms with E-state index in [1.165, 1.54) is 0 Å². The van der Waals surface area contributed by atoms with Crippen LogP contribution in [0.1, 0.15) is 0 Å². The van der Waals surface area contributed by atoms with Gasteiger partial charge in [-0.05, 0) is 30.7 Å². The van der Waals surface area contributed by atoms with Crippen molar-refractivity contribution in [2.45, 2.75) is 24.4 Å². The maximum Gasteiger partial charge on any atom is 0.296 e. The summed E-state index contributed by atoms with van der Waals surface area (Å²) in [6, 6.07) is 13.6. The molecular formula is C24H23ClN6O4S. The molecule has 2 fully saturated rings. The Labute approximate surface area is 214 Å². The molecule has 0 bridgehead atoms. The molecule has 0 radical (unpaired) electrons. The molecule has 186 valence electrons. The third-order valence-corrected chi connectivity index (χ3v) is 6.87. The second kappa shape index (κ2) is 9.49. The van der Waals surface area contributed by atoms with E-state index in [1.54, 1.807) is 6.07 Å². The highest BCUT2D eigenvalue weighted by molar-refractivity contribution is 7.85. The van der Waals surface area contributed by atoms with Crippen LogP contribution in [-0.2, 0) is 20.2 Å². The van der Waals surface area contributed by atoms with Crippen molar-refractivity contribution in [1.29, 1.82) is 0 Å². The number of hydrogen-bond acceptors (Lipinski definition) is 9. The summed E-state index contributed by atoms with van der Waals surface area (Å²) < 4.78 is 21.6. The van der Waals surface area contributed by atoms with Gasteiger partial charge in [-0.1, -0.05) is 46.6 Å². The van der Waals surface area contributed by atoms with Gasteiger partial charge in [0.05, 0.1) is 35.1 Å². The molecule has 36 heavy (non-hydrogen) atoms. The summed E-state index contributed by atoms with van der Waals surface area (Å²) in [6.45, 7) is 0.552. The Morgan fingerprint density at radius 3 is 2.56 bits per heavy atom. The Morgan fingerprint density at radius 1 is 1.03 bits per heavy atom. The minimum absolute atomic E-state index is 0.0894. The van der Waals surface area contributed by atoms with E-state index >= 15 is 0 Å². The van der Waals surface area contributed by atoms with Gasteiger partial charge >= 0.3 is 0 Å². The SMILES string of the molecule is CS(C)=Nc1ccc(-c2ccc(-c3nc4nc(O[C@@H]5CO[C@H]6[C@@H]5OC[C@H]6O)[nH]c4cc3Cl)cc2)nn1. The molecule has 4 atom stereocenters. The van der Waals surface area contributed by atoms with Crippen molar-refractivity contribution in [2.75, 3.05) is 25.7 Å². The Morgan fingerprint density at radius 2 is 1.81 bits per heavy atom. The average molecular weight is 527 g/mol. The first-order valence-electron chi connectivity index (χ1n) is 11.3. The lowest BCUT2D eigenvalue weighted by Gasteiger charge is -2.15. The zero-order chi connectivity index (χ0) is 24.8. The maximum absolute atomic E-state index is 9.92. The van der Waals surface area contributed by atoms with Gasteiger partial charge in [0, 0.05) is 11.1 Å². The number of aliphatic hydroxyl groups is 1. The number of rotatable bonds is 5. The van der Waals surface area contributed by atoms with Crippen LogP contribution in [0, 0.1) is 0 Å². The van der Waals surface area contributed by atoms with Crippen LogP contribution in [0.5, 0.6) is 6.01 Å². The number of H-pyrrole nitrogens is 1. The maximum atomic E-state index is 9.92. The fourth-order valence-electron chi connectivity index (χ4n) is 4.36. The van der Waals surface area contributed by atoms with Crippen LogP contribution in [0.15, 0.2) is 46.8 Å². The highest BCUT2D eigenvalue weighted by atomic mass is 35.5. The number of imidazole rings is 1. The van der Waals surface area contributed by atoms with Gasteiger partial charge in [-0.3, -0.25) is 0 Å². The van der Waals surface area contributed by atoms with Gasteiger partial charge < -0.3 is 24.3 Å². The van der Waals surface area contributed by atoms with Crippen molar-refractivity contribution >= 4 is 39.3 Å². The molecule has 10 nitrogen and oxygen atoms in total. The van der Waals surface area contributed by atoms with E-state index in [9.17, 15) is 5.11 Å². The molecule has 6 rings (SSSR count). The number of aromatic nitrogens is 5. The molecule has 1 aromatic carbocycles. The topological polar surface area (TPSA) is 128 Å². The molecule has 3 aromatic heterocycles. The number of aliphatic hydroxyl groups excluding tert-OH is 1. The molecule has 0 saturated carbocycles. The summed E-state index contributed by atoms with van der Waals surface area (Å²) in [5.41, 5.74) is 4.27. The molecule has 2 aliphatic heterocycles. The van der Waals surface area contributed by atoms with E-state index < -0.39 is 6.10 Å². The fourth-order valence-corrected chi connectivity index (χ4v) is 5.09. The predicted molar refractivity (Wildman–Crippen MR) is 137 cm³/mol. The van der Waals surface area contributed by atoms with Gasteiger partial charge in [0.2, 0.25) is 0 Å². The summed E-state index contributed by atoms with van der Waals surface area (Å²) in [5.74, 6) is 0.629. The van der Waals surface area contributed by atoms with Crippen LogP contribution in [0.3, 0.4) is 0 Å². The largest absolute Gasteiger partial charge is 0.456 e. The molecule has 2 saturated heterocycles. The molecule has 0 spiro atoms. The normalized spacial score (nSPS) is 23.4. The van der Waals surface area contributed by atoms with Gasteiger partial charge in [0.25, 0.3) is 6.01 Å². The minimum atomic E-state index is -0.638. The number of nitrogens with one attached hydrogen (secondary N) is 1. The number of ether oxygens (including phenoxy) is 3. The Bertz CT molecular complexity index is 1440. The second-order valence-corrected chi connectivity index (χ2v) is 10.9. The fraction of sp³-hybridized carbons (Fsp3) is 0.333. The number of halogens is 1. The van der Waals surface area contributed by atoms with Crippen molar-refractivity contribution in [1.82, 2.24) is 25.1 Å². The third-order valence-electron chi connectivity index (χ3n) is 6.03. The van der Waals surface area contributed by atoms with Crippen molar-refractivity contribution in [3.8, 4) is 28.5 Å². The van der Waals surface area contributed by atoms with Gasteiger partial charge in [-0.15, -0.1) is 10.2 Å². The zero-order valence-corrected chi connectivity index (χ0v) is 21.0. The minimum Gasteiger partial charge on any atom is -0.456 e. The number of benzene rings is 1. The Hall–Kier alpha value is -2.96. The Kier molecular flexibility index (Phi) is 6.18. The third kappa shape index (κ3) is 4.48. The molecule has 0 amide bonds. The summed E-state index contributed by atoms with van der Waals surface area (Å²) in [4.78, 5) is 12.3. The second-order valence-electron chi connectivity index (χ2n) is 8.77. The molecular weight excluding hydrogens is 504 g/mol. The monoisotopic (exact) mass is 526 g/mol. The predicted octanol–water partition coefficient (Wildman–Crippen LogP) is 3.33. The van der Waals surface area contributed by atoms with E-state index in [4.69, 9.17) is 25.8 Å². The van der Waals surface area contributed by atoms with Gasteiger partial charge in [0.15, 0.2) is 17.6 Å². The standard InChI is InChI=1S/C24H23ClN6O4S/c1-36(2)31-19-8-7-15(29-30-19)12-3-5-13(6-4-12)20-14(25)9-16-23(27-20)28-24(26-16)35-18-11-34-21-17(32)10-33-22(18)21/h3-9,17-18,21-22,32H,10-11H2,1-2H3,(H,26,27,28)/t17-,18-,21-,22-/m1/s1. The van der Waals surface area contributed by atoms with E-state index in [2.05, 4.69) is 29.5 Å². The highest BCUT2D eigenvalue weighted by Crippen LogP contribution is 2.33. The number of fused-ring (bicyclic) bond motifs is 2. The van der Waals surface area contributed by atoms with Crippen LogP contribution >= 0.6 is 11.6 Å². The molecule has 0 aliphatic carbocycles. The molecule has 0 unspecified atom stereocenters. The lowest BCUT2D eigenvalue weighted by Crippen LogP contribution is -2.34. The smallest absolute Gasteiger partial charge is 0.296 e. The molecule has 5 heterocycles. The first-order valence-corrected chi connectivity index (χ1v) is 13.7. The number of nitrogens with zero attached hydrogens (tertiary/aromatic N) is 5. The van der Waals surface area contributed by atoms with Crippen LogP contribution in [0.25, 0.3) is 33.7 Å². The van der Waals surface area contributed by atoms with Crippen LogP contribution in [0.2, 0.25) is 5.02 Å². The van der Waals surface area contributed by atoms with Crippen LogP contribution in [-0.4, -0.2) is 80.4 Å². The molecule has 12 heteroatoms. The van der Waals surface area contributed by atoms with E-state index in [-0.39, 0.29) is 35.6 Å². The first kappa shape index (κ1) is 23.4. The molecule has 4 aromatic rings. The summed E-state index contributed by atoms with van der Waals surface area (Å²) in [5, 5.41) is 18.9. The van der Waals surface area contributed by atoms with Crippen molar-refractivity contribution < 1.29 is 19.3 Å². The van der Waals surface area contributed by atoms with Crippen LogP contribution < -0.4 is 4.74 Å². The molecule has 2 aliphatic rings. The van der Waals surface area contributed by atoms with Crippen molar-refractivity contribution in [2.24, 2.45) is 4.36 Å². The van der Waals surface area contributed by atoms with Gasteiger partial charge in [-0.25, -0.2) is 9.35 Å². The first-order chi connectivity index (χ1) is 17.4. The summed E-state index contributed by atoms with van der Waals surface area (Å²) in [6.07, 6.45) is 2.34. The lowest BCUT2D eigenvalue weighted by atomic mass is 10.1. The van der Waals surface area contributed by atoms with Crippen LogP contribution in [0.4, 0.5) is 5.82 Å². The van der Waals surface area contributed by atoms with E-state index in [0.717, 1.165) is 16.8 Å². The van der Waals surface area contributed by atoms with Crippen molar-refractivity contribution in [3.05, 3.63) is 47.5 Å². The van der Waals surface area contributed by atoms with Gasteiger partial charge in [0.1, 0.15) is 18.3 Å². The zero-order valence-electron chi connectivity index (χ0n) is 19.5. The summed E-state index contributed by atoms with van der Waals surface area (Å²) >= 11 is 6.57. The van der Waals surface area contributed by atoms with E-state index in [1.807, 2.05) is 48.9 Å². The highest BCUT2D eigenvalue weighted by Gasteiger charge is 2.48.